The number of anilines is 1. The van der Waals surface area contributed by atoms with E-state index < -0.39 is 5.97 Å². The van der Waals surface area contributed by atoms with E-state index in [4.69, 9.17) is 21.4 Å². The van der Waals surface area contributed by atoms with Gasteiger partial charge in [0.15, 0.2) is 0 Å². The lowest BCUT2D eigenvalue weighted by atomic mass is 10.1. The molecule has 1 aliphatic rings. The summed E-state index contributed by atoms with van der Waals surface area (Å²) >= 11 is 5.87. The molecule has 1 aromatic rings. The Balaban J connectivity index is 2.09. The molecule has 0 spiro atoms. The van der Waals surface area contributed by atoms with E-state index in [-0.39, 0.29) is 10.7 Å². The number of aromatic carboxylic acids is 1. The van der Waals surface area contributed by atoms with Crippen molar-refractivity contribution in [1.29, 1.82) is 0 Å². The van der Waals surface area contributed by atoms with Gasteiger partial charge in [-0.25, -0.2) is 9.78 Å². The fourth-order valence-electron chi connectivity index (χ4n) is 2.26. The Hall–Kier alpha value is -1.33. The minimum Gasteiger partial charge on any atom is -0.478 e. The van der Waals surface area contributed by atoms with E-state index in [1.165, 1.54) is 6.07 Å². The molecule has 0 aliphatic carbocycles. The second kappa shape index (κ2) is 6.21. The van der Waals surface area contributed by atoms with Crippen LogP contribution in [0.15, 0.2) is 12.1 Å². The second-order valence-corrected chi connectivity index (χ2v) is 4.87. The lowest BCUT2D eigenvalue weighted by Gasteiger charge is -2.32. The van der Waals surface area contributed by atoms with E-state index in [2.05, 4.69) is 4.98 Å². The third-order valence-corrected chi connectivity index (χ3v) is 3.39. The van der Waals surface area contributed by atoms with Crippen molar-refractivity contribution in [2.24, 2.45) is 0 Å². The number of carbonyl (C=O) groups is 1. The van der Waals surface area contributed by atoms with Crippen LogP contribution in [0, 0.1) is 0 Å². The molecule has 2 rings (SSSR count). The predicted molar refractivity (Wildman–Crippen MR) is 73.1 cm³/mol. The number of ether oxygens (including phenoxy) is 1. The monoisotopic (exact) mass is 284 g/mol. The molecule has 1 N–H and O–H groups in total. The largest absolute Gasteiger partial charge is 0.478 e. The summed E-state index contributed by atoms with van der Waals surface area (Å²) in [7, 11) is 0. The van der Waals surface area contributed by atoms with Crippen LogP contribution in [-0.4, -0.2) is 41.9 Å². The first-order valence-electron chi connectivity index (χ1n) is 6.37. The van der Waals surface area contributed by atoms with Gasteiger partial charge in [0, 0.05) is 19.7 Å². The lowest BCUT2D eigenvalue weighted by Crippen LogP contribution is -2.37. The van der Waals surface area contributed by atoms with Gasteiger partial charge in [-0.2, -0.15) is 0 Å². The molecule has 6 heteroatoms. The average molecular weight is 285 g/mol. The number of carboxylic acid groups (broad SMARTS) is 1. The van der Waals surface area contributed by atoms with Crippen molar-refractivity contribution in [2.75, 3.05) is 24.6 Å². The average Bonchev–Trinajstić information content (AvgIpc) is 2.39. The van der Waals surface area contributed by atoms with Crippen LogP contribution in [0.4, 0.5) is 5.82 Å². The molecule has 0 saturated carbocycles. The number of carboxylic acids is 1. The summed E-state index contributed by atoms with van der Waals surface area (Å²) in [4.78, 5) is 17.2. The van der Waals surface area contributed by atoms with Gasteiger partial charge in [-0.15, -0.1) is 0 Å². The Labute approximate surface area is 117 Å². The minimum atomic E-state index is -0.991. The molecule has 0 radical (unpaired) electrons. The third-order valence-electron chi connectivity index (χ3n) is 3.20. The molecular formula is C13H17ClN2O3. The molecule has 5 nitrogen and oxygen atoms in total. The summed E-state index contributed by atoms with van der Waals surface area (Å²) in [6, 6.07) is 2.93. The van der Waals surface area contributed by atoms with Crippen molar-refractivity contribution in [1.82, 2.24) is 4.98 Å². The predicted octanol–water partition coefficient (Wildman–Crippen LogP) is 2.44. The summed E-state index contributed by atoms with van der Waals surface area (Å²) in [5.41, 5.74) is 0.168. The van der Waals surface area contributed by atoms with E-state index in [0.29, 0.717) is 11.9 Å². The fourth-order valence-corrected chi connectivity index (χ4v) is 2.46. The first-order valence-corrected chi connectivity index (χ1v) is 6.75. The van der Waals surface area contributed by atoms with Gasteiger partial charge in [0.1, 0.15) is 11.0 Å². The Morgan fingerprint density at radius 3 is 2.79 bits per heavy atom. The zero-order chi connectivity index (χ0) is 13.8. The van der Waals surface area contributed by atoms with E-state index in [1.807, 2.05) is 11.8 Å². The third kappa shape index (κ3) is 3.58. The van der Waals surface area contributed by atoms with Crippen LogP contribution in [0.1, 0.15) is 30.1 Å². The topological polar surface area (TPSA) is 62.7 Å². The Kier molecular flexibility index (Phi) is 4.61. The van der Waals surface area contributed by atoms with Crippen molar-refractivity contribution in [3.8, 4) is 0 Å². The number of aromatic nitrogens is 1. The molecule has 1 fully saturated rings. The minimum absolute atomic E-state index is 0.168. The lowest BCUT2D eigenvalue weighted by molar-refractivity contribution is 0.0458. The number of piperidine rings is 1. The van der Waals surface area contributed by atoms with Gasteiger partial charge in [-0.1, -0.05) is 11.6 Å². The molecule has 1 saturated heterocycles. The maximum atomic E-state index is 11.0. The highest BCUT2D eigenvalue weighted by Crippen LogP contribution is 2.23. The molecular weight excluding hydrogens is 268 g/mol. The van der Waals surface area contributed by atoms with Gasteiger partial charge in [0.25, 0.3) is 0 Å². The molecule has 104 valence electrons. The molecule has 0 bridgehead atoms. The summed E-state index contributed by atoms with van der Waals surface area (Å²) < 4.78 is 5.59. The van der Waals surface area contributed by atoms with E-state index >= 15 is 0 Å². The highest BCUT2D eigenvalue weighted by molar-refractivity contribution is 6.29. The quantitative estimate of drug-likeness (QED) is 0.861. The van der Waals surface area contributed by atoms with Gasteiger partial charge in [0.2, 0.25) is 0 Å². The van der Waals surface area contributed by atoms with Crippen molar-refractivity contribution in [3.63, 3.8) is 0 Å². The van der Waals surface area contributed by atoms with Crippen molar-refractivity contribution in [3.05, 3.63) is 22.8 Å². The Morgan fingerprint density at radius 2 is 2.21 bits per heavy atom. The number of hydrogen-bond acceptors (Lipinski definition) is 4. The molecule has 0 amide bonds. The van der Waals surface area contributed by atoms with E-state index in [1.54, 1.807) is 6.07 Å². The van der Waals surface area contributed by atoms with Crippen LogP contribution < -0.4 is 4.90 Å². The highest BCUT2D eigenvalue weighted by atomic mass is 35.5. The van der Waals surface area contributed by atoms with Crippen LogP contribution in [0.3, 0.4) is 0 Å². The fraction of sp³-hybridized carbons (Fsp3) is 0.538. The van der Waals surface area contributed by atoms with Gasteiger partial charge in [-0.3, -0.25) is 0 Å². The number of nitrogens with zero attached hydrogens (tertiary/aromatic N) is 2. The van der Waals surface area contributed by atoms with Crippen LogP contribution in [0.25, 0.3) is 0 Å². The van der Waals surface area contributed by atoms with E-state index in [9.17, 15) is 4.79 Å². The molecule has 0 aromatic carbocycles. The normalized spacial score (nSPS) is 16.6. The second-order valence-electron chi connectivity index (χ2n) is 4.48. The number of rotatable bonds is 4. The number of hydrogen-bond donors (Lipinski definition) is 1. The standard InChI is InChI=1S/C13H17ClN2O3/c1-2-19-10-3-5-16(6-4-10)12-8-9(13(17)18)7-11(14)15-12/h7-8,10H,2-6H2,1H3,(H,17,18). The highest BCUT2D eigenvalue weighted by Gasteiger charge is 2.21. The maximum absolute atomic E-state index is 11.0. The van der Waals surface area contributed by atoms with Crippen molar-refractivity contribution < 1.29 is 14.6 Å². The summed E-state index contributed by atoms with van der Waals surface area (Å²) in [5, 5.41) is 9.23. The molecule has 19 heavy (non-hydrogen) atoms. The zero-order valence-corrected chi connectivity index (χ0v) is 11.6. The van der Waals surface area contributed by atoms with Gasteiger partial charge < -0.3 is 14.7 Å². The smallest absolute Gasteiger partial charge is 0.335 e. The van der Waals surface area contributed by atoms with Crippen LogP contribution >= 0.6 is 11.6 Å². The molecule has 0 unspecified atom stereocenters. The molecule has 2 heterocycles. The summed E-state index contributed by atoms with van der Waals surface area (Å²) in [6.45, 7) is 4.32. The number of halogens is 1. The van der Waals surface area contributed by atoms with Gasteiger partial charge >= 0.3 is 5.97 Å². The molecule has 1 aromatic heterocycles. The van der Waals surface area contributed by atoms with Crippen LogP contribution in [0.5, 0.6) is 0 Å². The molecule has 1 aliphatic heterocycles. The maximum Gasteiger partial charge on any atom is 0.335 e. The zero-order valence-electron chi connectivity index (χ0n) is 10.8. The van der Waals surface area contributed by atoms with Crippen LogP contribution in [0.2, 0.25) is 5.15 Å². The SMILES string of the molecule is CCOC1CCN(c2cc(C(=O)O)cc(Cl)n2)CC1. The van der Waals surface area contributed by atoms with Gasteiger partial charge in [-0.05, 0) is 31.9 Å². The summed E-state index contributed by atoms with van der Waals surface area (Å²) in [6.07, 6.45) is 2.13. The van der Waals surface area contributed by atoms with Crippen molar-refractivity contribution in [2.45, 2.75) is 25.9 Å². The van der Waals surface area contributed by atoms with Gasteiger partial charge in [0.05, 0.1) is 11.7 Å². The van der Waals surface area contributed by atoms with Crippen LogP contribution in [-0.2, 0) is 4.74 Å². The van der Waals surface area contributed by atoms with E-state index in [0.717, 1.165) is 32.5 Å². The van der Waals surface area contributed by atoms with Crippen molar-refractivity contribution >= 4 is 23.4 Å². The number of pyridine rings is 1. The summed E-state index contributed by atoms with van der Waals surface area (Å²) in [5.74, 6) is -0.366. The first kappa shape index (κ1) is 14.1. The molecule has 0 atom stereocenters. The Bertz CT molecular complexity index is 459. The first-order chi connectivity index (χ1) is 9.10. The Morgan fingerprint density at radius 1 is 1.53 bits per heavy atom.